The number of nitrogens with one attached hydrogen (secondary N) is 1. The van der Waals surface area contributed by atoms with Gasteiger partial charge in [0.25, 0.3) is 11.1 Å². The molecule has 0 bridgehead atoms. The van der Waals surface area contributed by atoms with Gasteiger partial charge in [-0.1, -0.05) is 25.6 Å². The first kappa shape index (κ1) is 25.7. The number of hydrogen-bond acceptors (Lipinski definition) is 8. The third kappa shape index (κ3) is 10.6. The van der Waals surface area contributed by atoms with Gasteiger partial charge in [-0.3, -0.25) is 4.79 Å². The minimum atomic E-state index is -0.773. The fourth-order valence-electron chi connectivity index (χ4n) is 1.98. The molecule has 1 amide bonds. The summed E-state index contributed by atoms with van der Waals surface area (Å²) in [4.78, 5) is 26.8. The summed E-state index contributed by atoms with van der Waals surface area (Å²) in [6, 6.07) is -0.773. The van der Waals surface area contributed by atoms with Gasteiger partial charge >= 0.3 is 6.09 Å². The van der Waals surface area contributed by atoms with Crippen molar-refractivity contribution in [2.24, 2.45) is 5.92 Å². The van der Waals surface area contributed by atoms with E-state index in [9.17, 15) is 9.59 Å². The molecule has 0 spiro atoms. The van der Waals surface area contributed by atoms with E-state index in [4.69, 9.17) is 9.15 Å². The lowest BCUT2D eigenvalue weighted by molar-refractivity contribution is 0.0481. The van der Waals surface area contributed by atoms with Crippen LogP contribution in [0.25, 0.3) is 0 Å². The number of Topliss-reactive ketones (excluding diaryl/α,β-unsaturated/α-hetero) is 1. The fraction of sp³-hybridized carbons (Fsp3) is 0.765. The first-order valence-electron chi connectivity index (χ1n) is 8.62. The predicted molar refractivity (Wildman–Crippen MR) is 108 cm³/mol. The SMILES string of the molecule is CC(C)CC(NC(=O)OC(C)(C)C)C(=O)c1nnc(SCCN(C)C)o1.Cl. The van der Waals surface area contributed by atoms with Crippen molar-refractivity contribution in [2.45, 2.75) is 57.9 Å². The largest absolute Gasteiger partial charge is 0.444 e. The fourth-order valence-corrected chi connectivity index (χ4v) is 2.85. The number of aromatic nitrogens is 2. The lowest BCUT2D eigenvalue weighted by Crippen LogP contribution is -2.44. The van der Waals surface area contributed by atoms with Crippen LogP contribution in [0.2, 0.25) is 0 Å². The van der Waals surface area contributed by atoms with E-state index in [1.165, 1.54) is 11.8 Å². The topological polar surface area (TPSA) is 97.6 Å². The zero-order valence-electron chi connectivity index (χ0n) is 17.1. The zero-order chi connectivity index (χ0) is 19.9. The number of alkyl carbamates (subject to hydrolysis) is 1. The maximum atomic E-state index is 12.7. The van der Waals surface area contributed by atoms with Gasteiger partial charge in [-0.05, 0) is 47.2 Å². The minimum absolute atomic E-state index is 0. The molecule has 1 atom stereocenters. The molecular weight excluding hydrogens is 392 g/mol. The molecule has 0 aromatic carbocycles. The van der Waals surface area contributed by atoms with Crippen LogP contribution in [0.3, 0.4) is 0 Å². The summed E-state index contributed by atoms with van der Waals surface area (Å²) in [5, 5.41) is 10.7. The molecule has 0 radical (unpaired) electrons. The lowest BCUT2D eigenvalue weighted by Gasteiger charge is -2.23. The van der Waals surface area contributed by atoms with Gasteiger partial charge in [0.2, 0.25) is 5.78 Å². The van der Waals surface area contributed by atoms with Gasteiger partial charge < -0.3 is 19.4 Å². The second-order valence-electron chi connectivity index (χ2n) is 7.72. The van der Waals surface area contributed by atoms with Crippen LogP contribution < -0.4 is 5.32 Å². The standard InChI is InChI=1S/C17H30N4O4S.ClH/c1-11(2)10-12(18-15(23)25-17(3,4)5)13(22)14-19-20-16(24-14)26-9-8-21(6)7;/h11-12H,8-10H2,1-7H3,(H,18,23);1H. The molecule has 1 unspecified atom stereocenters. The first-order chi connectivity index (χ1) is 12.0. The Morgan fingerprint density at radius 3 is 2.41 bits per heavy atom. The highest BCUT2D eigenvalue weighted by Gasteiger charge is 2.29. The Balaban J connectivity index is 0.00000676. The lowest BCUT2D eigenvalue weighted by atomic mass is 10.0. The minimum Gasteiger partial charge on any atom is -0.444 e. The summed E-state index contributed by atoms with van der Waals surface area (Å²) in [6.07, 6.45) is -0.194. The third-order valence-electron chi connectivity index (χ3n) is 3.10. The number of carbonyl (C=O) groups is 2. The van der Waals surface area contributed by atoms with Crippen LogP contribution in [0.15, 0.2) is 9.64 Å². The van der Waals surface area contributed by atoms with E-state index in [1.54, 1.807) is 20.8 Å². The van der Waals surface area contributed by atoms with Crippen molar-refractivity contribution in [3.05, 3.63) is 5.89 Å². The molecular formula is C17H31ClN4O4S. The van der Waals surface area contributed by atoms with E-state index in [2.05, 4.69) is 15.5 Å². The summed E-state index contributed by atoms with van der Waals surface area (Å²) < 4.78 is 10.7. The number of hydrogen-bond donors (Lipinski definition) is 1. The smallest absolute Gasteiger partial charge is 0.408 e. The van der Waals surface area contributed by atoms with Gasteiger partial charge in [-0.2, -0.15) is 0 Å². The van der Waals surface area contributed by atoms with E-state index < -0.39 is 23.5 Å². The van der Waals surface area contributed by atoms with Crippen molar-refractivity contribution in [3.8, 4) is 0 Å². The molecule has 1 N–H and O–H groups in total. The molecule has 8 nitrogen and oxygen atoms in total. The van der Waals surface area contributed by atoms with Crippen LogP contribution in [-0.2, 0) is 4.74 Å². The predicted octanol–water partition coefficient (Wildman–Crippen LogP) is 3.27. The second kappa shape index (κ2) is 11.5. The summed E-state index contributed by atoms with van der Waals surface area (Å²) in [7, 11) is 3.95. The number of amides is 1. The van der Waals surface area contributed by atoms with E-state index >= 15 is 0 Å². The molecule has 1 aromatic heterocycles. The molecule has 0 saturated heterocycles. The number of ketones is 1. The summed E-state index contributed by atoms with van der Waals surface area (Å²) in [5.41, 5.74) is -0.643. The van der Waals surface area contributed by atoms with Crippen molar-refractivity contribution in [2.75, 3.05) is 26.4 Å². The normalized spacial score (nSPS) is 12.6. The Morgan fingerprint density at radius 2 is 1.89 bits per heavy atom. The summed E-state index contributed by atoms with van der Waals surface area (Å²) in [6.45, 7) is 10.1. The molecule has 0 saturated carbocycles. The van der Waals surface area contributed by atoms with Gasteiger partial charge in [0.15, 0.2) is 0 Å². The summed E-state index contributed by atoms with van der Waals surface area (Å²) >= 11 is 1.39. The molecule has 0 aliphatic carbocycles. The number of rotatable bonds is 9. The molecule has 0 aliphatic rings. The number of ether oxygens (including phenoxy) is 1. The molecule has 10 heteroatoms. The van der Waals surface area contributed by atoms with E-state index in [0.29, 0.717) is 11.6 Å². The first-order valence-corrected chi connectivity index (χ1v) is 9.61. The molecule has 1 heterocycles. The number of halogens is 1. The third-order valence-corrected chi connectivity index (χ3v) is 3.89. The Hall–Kier alpha value is -1.32. The molecule has 1 rings (SSSR count). The van der Waals surface area contributed by atoms with E-state index in [0.717, 1.165) is 12.3 Å². The highest BCUT2D eigenvalue weighted by Crippen LogP contribution is 2.18. The average molecular weight is 423 g/mol. The van der Waals surface area contributed by atoms with Crippen LogP contribution >= 0.6 is 24.2 Å². The van der Waals surface area contributed by atoms with Gasteiger partial charge in [0, 0.05) is 12.3 Å². The van der Waals surface area contributed by atoms with Gasteiger partial charge in [0.05, 0.1) is 0 Å². The van der Waals surface area contributed by atoms with Crippen molar-refractivity contribution in [1.82, 2.24) is 20.4 Å². The van der Waals surface area contributed by atoms with Crippen LogP contribution in [0.5, 0.6) is 0 Å². The van der Waals surface area contributed by atoms with Crippen molar-refractivity contribution >= 4 is 36.0 Å². The Bertz CT molecular complexity index is 602. The van der Waals surface area contributed by atoms with E-state index in [-0.39, 0.29) is 24.2 Å². The van der Waals surface area contributed by atoms with Gasteiger partial charge in [-0.15, -0.1) is 22.6 Å². The number of nitrogens with zero attached hydrogens (tertiary/aromatic N) is 3. The van der Waals surface area contributed by atoms with Crippen LogP contribution in [0.4, 0.5) is 4.79 Å². The average Bonchev–Trinajstić information content (AvgIpc) is 2.91. The highest BCUT2D eigenvalue weighted by molar-refractivity contribution is 7.99. The van der Waals surface area contributed by atoms with Crippen LogP contribution in [-0.4, -0.2) is 65.0 Å². The molecule has 1 aromatic rings. The molecule has 27 heavy (non-hydrogen) atoms. The van der Waals surface area contributed by atoms with Gasteiger partial charge in [0.1, 0.15) is 11.6 Å². The second-order valence-corrected chi connectivity index (χ2v) is 8.76. The quantitative estimate of drug-likeness (QED) is 0.478. The highest BCUT2D eigenvalue weighted by atomic mass is 35.5. The Labute approximate surface area is 171 Å². The maximum Gasteiger partial charge on any atom is 0.408 e. The van der Waals surface area contributed by atoms with Crippen molar-refractivity contribution in [3.63, 3.8) is 0 Å². The Morgan fingerprint density at radius 1 is 1.26 bits per heavy atom. The Kier molecular flexibility index (Phi) is 10.9. The van der Waals surface area contributed by atoms with Crippen molar-refractivity contribution in [1.29, 1.82) is 0 Å². The monoisotopic (exact) mass is 422 g/mol. The zero-order valence-corrected chi connectivity index (χ0v) is 18.7. The summed E-state index contributed by atoms with van der Waals surface area (Å²) in [5.74, 6) is 0.459. The molecule has 156 valence electrons. The van der Waals surface area contributed by atoms with Crippen LogP contribution in [0, 0.1) is 5.92 Å². The maximum absolute atomic E-state index is 12.7. The van der Waals surface area contributed by atoms with Crippen molar-refractivity contribution < 1.29 is 18.7 Å². The number of carbonyl (C=O) groups excluding carboxylic acids is 2. The molecule has 0 fully saturated rings. The molecule has 0 aliphatic heterocycles. The van der Waals surface area contributed by atoms with Crippen LogP contribution in [0.1, 0.15) is 51.7 Å². The number of thioether (sulfide) groups is 1. The van der Waals surface area contributed by atoms with E-state index in [1.807, 2.05) is 32.8 Å². The van der Waals surface area contributed by atoms with Gasteiger partial charge in [-0.25, -0.2) is 4.79 Å².